The molecule has 0 aliphatic heterocycles. The van der Waals surface area contributed by atoms with Crippen molar-refractivity contribution in [2.75, 3.05) is 7.05 Å². The zero-order valence-electron chi connectivity index (χ0n) is 11.7. The number of nitrogens with zero attached hydrogens (tertiary/aromatic N) is 1. The SMILES string of the molecule is Cc1c(C(=O)N(C)C(C)C(=O)O)oc2c1C(=O)CCC2. The largest absolute Gasteiger partial charge is 0.480 e. The lowest BCUT2D eigenvalue weighted by Crippen LogP contribution is -2.40. The molecule has 6 nitrogen and oxygen atoms in total. The van der Waals surface area contributed by atoms with Crippen molar-refractivity contribution in [3.05, 3.63) is 22.6 Å². The van der Waals surface area contributed by atoms with Crippen LogP contribution in [0.1, 0.15) is 52.0 Å². The van der Waals surface area contributed by atoms with Gasteiger partial charge in [0.05, 0.1) is 5.56 Å². The molecule has 0 saturated carbocycles. The third kappa shape index (κ3) is 2.21. The molecule has 0 radical (unpaired) electrons. The molecule has 20 heavy (non-hydrogen) atoms. The number of carbonyl (C=O) groups excluding carboxylic acids is 2. The molecule has 0 aromatic carbocycles. The second-order valence-corrected chi connectivity index (χ2v) is 5.06. The average molecular weight is 279 g/mol. The molecule has 1 amide bonds. The summed E-state index contributed by atoms with van der Waals surface area (Å²) in [7, 11) is 1.41. The van der Waals surface area contributed by atoms with Crippen LogP contribution >= 0.6 is 0 Å². The van der Waals surface area contributed by atoms with E-state index >= 15 is 0 Å². The summed E-state index contributed by atoms with van der Waals surface area (Å²) in [4.78, 5) is 36.2. The Bertz CT molecular complexity index is 587. The summed E-state index contributed by atoms with van der Waals surface area (Å²) >= 11 is 0. The van der Waals surface area contributed by atoms with E-state index < -0.39 is 17.9 Å². The minimum atomic E-state index is -1.09. The van der Waals surface area contributed by atoms with Crippen molar-refractivity contribution in [1.29, 1.82) is 0 Å². The molecule has 6 heteroatoms. The molecule has 0 bridgehead atoms. The predicted molar refractivity (Wildman–Crippen MR) is 69.9 cm³/mol. The summed E-state index contributed by atoms with van der Waals surface area (Å²) < 4.78 is 5.52. The monoisotopic (exact) mass is 279 g/mol. The summed E-state index contributed by atoms with van der Waals surface area (Å²) in [5.74, 6) is -1.01. The summed E-state index contributed by atoms with van der Waals surface area (Å²) in [6, 6.07) is -0.959. The van der Waals surface area contributed by atoms with Crippen LogP contribution in [-0.4, -0.2) is 40.8 Å². The first-order chi connectivity index (χ1) is 9.34. The fraction of sp³-hybridized carbons (Fsp3) is 0.500. The summed E-state index contributed by atoms with van der Waals surface area (Å²) in [6.45, 7) is 3.08. The Hall–Kier alpha value is -2.11. The molecular formula is C14H17NO5. The number of amides is 1. The molecule has 2 rings (SSSR count). The Morgan fingerprint density at radius 3 is 2.55 bits per heavy atom. The van der Waals surface area contributed by atoms with Gasteiger partial charge in [-0.1, -0.05) is 0 Å². The number of furan rings is 1. The minimum Gasteiger partial charge on any atom is -0.480 e. The van der Waals surface area contributed by atoms with Gasteiger partial charge in [0.15, 0.2) is 11.5 Å². The third-order valence-corrected chi connectivity index (χ3v) is 3.76. The van der Waals surface area contributed by atoms with Crippen molar-refractivity contribution in [2.45, 2.75) is 39.2 Å². The van der Waals surface area contributed by atoms with Crippen LogP contribution in [0.4, 0.5) is 0 Å². The van der Waals surface area contributed by atoms with Crippen LogP contribution in [0.25, 0.3) is 0 Å². The highest BCUT2D eigenvalue weighted by Crippen LogP contribution is 2.30. The number of rotatable bonds is 3. The highest BCUT2D eigenvalue weighted by molar-refractivity contribution is 6.03. The second kappa shape index (κ2) is 5.11. The van der Waals surface area contributed by atoms with Crippen LogP contribution in [0.15, 0.2) is 4.42 Å². The van der Waals surface area contributed by atoms with E-state index in [2.05, 4.69) is 0 Å². The maximum atomic E-state index is 12.3. The van der Waals surface area contributed by atoms with E-state index in [0.717, 1.165) is 4.90 Å². The van der Waals surface area contributed by atoms with Crippen molar-refractivity contribution < 1.29 is 23.9 Å². The predicted octanol–water partition coefficient (Wildman–Crippen LogP) is 1.65. The van der Waals surface area contributed by atoms with E-state index in [1.165, 1.54) is 14.0 Å². The van der Waals surface area contributed by atoms with Gasteiger partial charge >= 0.3 is 5.97 Å². The molecule has 0 spiro atoms. The first kappa shape index (κ1) is 14.3. The Kier molecular flexibility index (Phi) is 3.65. The number of carboxylic acid groups (broad SMARTS) is 1. The van der Waals surface area contributed by atoms with Crippen LogP contribution in [-0.2, 0) is 11.2 Å². The molecule has 1 N–H and O–H groups in total. The van der Waals surface area contributed by atoms with E-state index in [0.29, 0.717) is 36.1 Å². The van der Waals surface area contributed by atoms with E-state index in [9.17, 15) is 14.4 Å². The first-order valence-electron chi connectivity index (χ1n) is 6.50. The quantitative estimate of drug-likeness (QED) is 0.909. The van der Waals surface area contributed by atoms with Gasteiger partial charge in [-0.15, -0.1) is 0 Å². The van der Waals surface area contributed by atoms with Crippen LogP contribution in [0.3, 0.4) is 0 Å². The number of fused-ring (bicyclic) bond motifs is 1. The molecule has 1 aromatic heterocycles. The highest BCUT2D eigenvalue weighted by Gasteiger charge is 2.32. The fourth-order valence-corrected chi connectivity index (χ4v) is 2.35. The third-order valence-electron chi connectivity index (χ3n) is 3.76. The van der Waals surface area contributed by atoms with E-state index in [1.54, 1.807) is 6.92 Å². The number of hydrogen-bond acceptors (Lipinski definition) is 4. The molecule has 1 heterocycles. The van der Waals surface area contributed by atoms with Crippen molar-refractivity contribution in [1.82, 2.24) is 4.90 Å². The van der Waals surface area contributed by atoms with Gasteiger partial charge in [-0.05, 0) is 20.3 Å². The highest BCUT2D eigenvalue weighted by atomic mass is 16.4. The van der Waals surface area contributed by atoms with Gasteiger partial charge in [0.1, 0.15) is 11.8 Å². The molecule has 1 aromatic rings. The Morgan fingerprint density at radius 2 is 2.00 bits per heavy atom. The summed E-state index contributed by atoms with van der Waals surface area (Å²) in [5.41, 5.74) is 1.01. The lowest BCUT2D eigenvalue weighted by Gasteiger charge is -2.20. The number of Topliss-reactive ketones (excluding diaryl/α,β-unsaturated/α-hetero) is 1. The number of hydrogen-bond donors (Lipinski definition) is 1. The molecule has 0 fully saturated rings. The van der Waals surface area contributed by atoms with Crippen LogP contribution < -0.4 is 0 Å². The van der Waals surface area contributed by atoms with Crippen LogP contribution in [0, 0.1) is 6.92 Å². The van der Waals surface area contributed by atoms with Crippen molar-refractivity contribution in [3.63, 3.8) is 0 Å². The van der Waals surface area contributed by atoms with Gasteiger partial charge in [0.25, 0.3) is 5.91 Å². The topological polar surface area (TPSA) is 87.8 Å². The fourth-order valence-electron chi connectivity index (χ4n) is 2.35. The Balaban J connectivity index is 2.37. The molecule has 108 valence electrons. The van der Waals surface area contributed by atoms with E-state index in [4.69, 9.17) is 9.52 Å². The number of likely N-dealkylation sites (N-methyl/N-ethyl adjacent to an activating group) is 1. The van der Waals surface area contributed by atoms with Gasteiger partial charge in [-0.3, -0.25) is 9.59 Å². The number of aliphatic carboxylic acids is 1. The number of ketones is 1. The Morgan fingerprint density at radius 1 is 1.35 bits per heavy atom. The molecule has 1 unspecified atom stereocenters. The summed E-state index contributed by atoms with van der Waals surface area (Å²) in [6.07, 6.45) is 1.81. The minimum absolute atomic E-state index is 0.0134. The van der Waals surface area contributed by atoms with Crippen molar-refractivity contribution in [2.24, 2.45) is 0 Å². The van der Waals surface area contributed by atoms with Gasteiger partial charge in [0.2, 0.25) is 0 Å². The van der Waals surface area contributed by atoms with Gasteiger partial charge in [-0.2, -0.15) is 0 Å². The van der Waals surface area contributed by atoms with E-state index in [1.807, 2.05) is 0 Å². The first-order valence-corrected chi connectivity index (χ1v) is 6.50. The molecule has 1 aliphatic carbocycles. The van der Waals surface area contributed by atoms with Crippen molar-refractivity contribution >= 4 is 17.7 Å². The van der Waals surface area contributed by atoms with Crippen LogP contribution in [0.5, 0.6) is 0 Å². The lowest BCUT2D eigenvalue weighted by atomic mass is 9.94. The smallest absolute Gasteiger partial charge is 0.326 e. The normalized spacial score (nSPS) is 15.7. The zero-order valence-corrected chi connectivity index (χ0v) is 11.7. The van der Waals surface area contributed by atoms with Gasteiger partial charge in [0, 0.05) is 25.5 Å². The van der Waals surface area contributed by atoms with Crippen LogP contribution in [0.2, 0.25) is 0 Å². The van der Waals surface area contributed by atoms with Gasteiger partial charge in [-0.25, -0.2) is 4.79 Å². The molecule has 1 aliphatic rings. The number of carboxylic acids is 1. The van der Waals surface area contributed by atoms with Crippen molar-refractivity contribution in [3.8, 4) is 0 Å². The Labute approximate surface area is 116 Å². The number of aryl methyl sites for hydroxylation is 1. The average Bonchev–Trinajstić information content (AvgIpc) is 2.74. The lowest BCUT2D eigenvalue weighted by molar-refractivity contribution is -0.141. The number of carbonyl (C=O) groups is 3. The second-order valence-electron chi connectivity index (χ2n) is 5.06. The summed E-state index contributed by atoms with van der Waals surface area (Å²) in [5, 5.41) is 8.94. The molecular weight excluding hydrogens is 262 g/mol. The zero-order chi connectivity index (χ0) is 15.0. The maximum Gasteiger partial charge on any atom is 0.326 e. The van der Waals surface area contributed by atoms with E-state index in [-0.39, 0.29) is 11.5 Å². The molecule has 1 atom stereocenters. The molecule has 0 saturated heterocycles. The van der Waals surface area contributed by atoms with Gasteiger partial charge < -0.3 is 14.4 Å². The maximum absolute atomic E-state index is 12.3. The standard InChI is InChI=1S/C14H17NO5/c1-7-11-9(16)5-4-6-10(11)20-12(7)13(17)15(3)8(2)14(18)19/h8H,4-6H2,1-3H3,(H,18,19).